The van der Waals surface area contributed by atoms with Gasteiger partial charge in [-0.05, 0) is 80.5 Å². The number of aromatic amines is 1. The molecular weight excluding hydrogens is 735 g/mol. The number of fused-ring (bicyclic) bond motifs is 3. The van der Waals surface area contributed by atoms with Gasteiger partial charge in [-0.2, -0.15) is 5.26 Å². The van der Waals surface area contributed by atoms with Gasteiger partial charge in [-0.3, -0.25) is 33.7 Å². The van der Waals surface area contributed by atoms with Gasteiger partial charge in [-0.25, -0.2) is 14.8 Å². The van der Waals surface area contributed by atoms with Gasteiger partial charge in [-0.1, -0.05) is 6.07 Å². The van der Waals surface area contributed by atoms with Crippen molar-refractivity contribution in [1.29, 1.82) is 5.26 Å². The average molecular weight is 780 g/mol. The fourth-order valence-electron chi connectivity index (χ4n) is 9.68. The maximum Gasteiger partial charge on any atom is 0.329 e. The predicted octanol–water partition coefficient (Wildman–Crippen LogP) is 3.46. The molecule has 3 saturated heterocycles. The molecule has 0 bridgehead atoms. The molecule has 5 aromatic rings. The second-order valence-corrected chi connectivity index (χ2v) is 16.6. The largest absolute Gasteiger partial charge is 0.370 e. The number of benzene rings is 2. The Bertz CT molecular complexity index is 2600. The number of rotatable bonds is 7. The maximum atomic E-state index is 13.5. The summed E-state index contributed by atoms with van der Waals surface area (Å²) in [6.45, 7) is 6.90. The SMILES string of the molecule is Cn1c(=O)n(C2CCC(=O)NC2=O)c2cccc(N3CCC(CN4CCN(c5ccc(-c6nccc(-c7cc8c([nH]7)C7(CC7)CNC8=O)n6)cc5C#N)CC4)CC3)c21. The highest BCUT2D eigenvalue weighted by Gasteiger charge is 2.50. The van der Waals surface area contributed by atoms with Gasteiger partial charge in [0.25, 0.3) is 5.91 Å². The summed E-state index contributed by atoms with van der Waals surface area (Å²) in [5.74, 6) is 0.298. The van der Waals surface area contributed by atoms with Gasteiger partial charge < -0.3 is 20.1 Å². The number of piperidine rings is 2. The quantitative estimate of drug-likeness (QED) is 0.208. The number of piperazine rings is 1. The number of anilines is 2. The number of hydrogen-bond acceptors (Lipinski definition) is 10. The number of para-hydroxylation sites is 1. The molecule has 4 fully saturated rings. The van der Waals surface area contributed by atoms with E-state index in [1.54, 1.807) is 22.4 Å². The topological polar surface area (TPSA) is 177 Å². The lowest BCUT2D eigenvalue weighted by molar-refractivity contribution is -0.135. The van der Waals surface area contributed by atoms with Crippen molar-refractivity contribution in [2.45, 2.75) is 50.0 Å². The molecule has 4 aliphatic heterocycles. The van der Waals surface area contributed by atoms with Crippen molar-refractivity contribution in [3.63, 3.8) is 0 Å². The monoisotopic (exact) mass is 779 g/mol. The number of hydrogen-bond donors (Lipinski definition) is 3. The highest BCUT2D eigenvalue weighted by molar-refractivity contribution is 6.01. The van der Waals surface area contributed by atoms with Crippen LogP contribution in [0.2, 0.25) is 0 Å². The molecule has 15 nitrogen and oxygen atoms in total. The maximum absolute atomic E-state index is 13.5. The summed E-state index contributed by atoms with van der Waals surface area (Å²) in [6.07, 6.45) is 6.43. The van der Waals surface area contributed by atoms with Gasteiger partial charge >= 0.3 is 5.69 Å². The molecule has 10 rings (SSSR count). The highest BCUT2D eigenvalue weighted by Crippen LogP contribution is 2.50. The van der Waals surface area contributed by atoms with E-state index in [0.717, 1.165) is 105 Å². The lowest BCUT2D eigenvalue weighted by Gasteiger charge is -2.40. The fraction of sp³-hybridized carbons (Fsp3) is 0.419. The number of aromatic nitrogens is 5. The second kappa shape index (κ2) is 14.0. The van der Waals surface area contributed by atoms with Crippen LogP contribution in [0.4, 0.5) is 11.4 Å². The summed E-state index contributed by atoms with van der Waals surface area (Å²) in [4.78, 5) is 70.7. The fourth-order valence-corrected chi connectivity index (χ4v) is 9.68. The number of carbonyl (C=O) groups excluding carboxylic acids is 3. The van der Waals surface area contributed by atoms with E-state index >= 15 is 0 Å². The number of nitriles is 1. The summed E-state index contributed by atoms with van der Waals surface area (Å²) < 4.78 is 3.19. The minimum absolute atomic E-state index is 0.0252. The van der Waals surface area contributed by atoms with Crippen LogP contribution in [0.5, 0.6) is 0 Å². The molecule has 58 heavy (non-hydrogen) atoms. The molecule has 3 N–H and O–H groups in total. The van der Waals surface area contributed by atoms with Gasteiger partial charge in [0.15, 0.2) is 5.82 Å². The number of nitrogens with zero attached hydrogens (tertiary/aromatic N) is 8. The smallest absolute Gasteiger partial charge is 0.329 e. The van der Waals surface area contributed by atoms with Crippen molar-refractivity contribution in [3.8, 4) is 28.8 Å². The van der Waals surface area contributed by atoms with Crippen LogP contribution in [0, 0.1) is 17.2 Å². The number of H-pyrrole nitrogens is 1. The van der Waals surface area contributed by atoms with Crippen LogP contribution in [0.15, 0.2) is 59.5 Å². The van der Waals surface area contributed by atoms with Crippen molar-refractivity contribution in [1.82, 2.24) is 39.6 Å². The number of imide groups is 1. The van der Waals surface area contributed by atoms with Crippen LogP contribution in [0.25, 0.3) is 33.8 Å². The molecule has 0 radical (unpaired) electrons. The van der Waals surface area contributed by atoms with Gasteiger partial charge in [0.1, 0.15) is 12.1 Å². The van der Waals surface area contributed by atoms with Gasteiger partial charge in [0.05, 0.1) is 44.9 Å². The average Bonchev–Trinajstić information content (AvgIpc) is 3.79. The number of imidazole rings is 1. The van der Waals surface area contributed by atoms with Crippen molar-refractivity contribution < 1.29 is 14.4 Å². The van der Waals surface area contributed by atoms with Crippen molar-refractivity contribution in [3.05, 3.63) is 82.0 Å². The molecular formula is C43H45N11O4. The molecule has 1 aliphatic carbocycles. The predicted molar refractivity (Wildman–Crippen MR) is 217 cm³/mol. The number of nitrogens with one attached hydrogen (secondary N) is 3. The Morgan fingerprint density at radius 1 is 0.914 bits per heavy atom. The first-order chi connectivity index (χ1) is 28.2. The molecule has 5 aliphatic rings. The Morgan fingerprint density at radius 3 is 2.47 bits per heavy atom. The normalized spacial score (nSPS) is 20.9. The standard InChI is InChI=1S/C43H45N11O4/c1-50-37-33(3-2-4-34(37)54(42(50)58)35-7-8-36(55)49-41(35)57)52-15-10-26(11-16-52)24-51-17-19-53(20-18-51)32-6-5-27(21-28(32)23-44)39-45-14-9-30(48-39)31-22-29-38(47-31)43(12-13-43)25-46-40(29)56/h2-6,9,14,21-22,26,35,47H,7-8,10-13,15-20,24-25H2,1H3,(H,46,56)(H,49,55,57). The van der Waals surface area contributed by atoms with E-state index in [4.69, 9.17) is 4.98 Å². The van der Waals surface area contributed by atoms with Gasteiger partial charge in [0, 0.05) is 88.7 Å². The number of amides is 3. The zero-order chi connectivity index (χ0) is 39.7. The van der Waals surface area contributed by atoms with E-state index < -0.39 is 11.9 Å². The van der Waals surface area contributed by atoms with E-state index in [1.807, 2.05) is 42.5 Å². The zero-order valence-electron chi connectivity index (χ0n) is 32.5. The van der Waals surface area contributed by atoms with E-state index in [1.165, 1.54) is 0 Å². The van der Waals surface area contributed by atoms with E-state index in [0.29, 0.717) is 47.0 Å². The summed E-state index contributed by atoms with van der Waals surface area (Å²) in [6, 6.07) is 17.2. The zero-order valence-corrected chi connectivity index (χ0v) is 32.5. The van der Waals surface area contributed by atoms with Gasteiger partial charge in [-0.15, -0.1) is 0 Å². The molecule has 1 saturated carbocycles. The first-order valence-electron chi connectivity index (χ1n) is 20.4. The molecule has 7 heterocycles. The van der Waals surface area contributed by atoms with Crippen LogP contribution < -0.4 is 26.1 Å². The molecule has 1 unspecified atom stereocenters. The Hall–Kier alpha value is -6.27. The van der Waals surface area contributed by atoms with Gasteiger partial charge in [0.2, 0.25) is 11.8 Å². The van der Waals surface area contributed by atoms with E-state index in [9.17, 15) is 24.4 Å². The summed E-state index contributed by atoms with van der Waals surface area (Å²) in [5.41, 5.74) is 7.78. The third-order valence-electron chi connectivity index (χ3n) is 13.1. The third kappa shape index (κ3) is 6.14. The molecule has 15 heteroatoms. The van der Waals surface area contributed by atoms with Crippen LogP contribution in [0.1, 0.15) is 66.2 Å². The summed E-state index contributed by atoms with van der Waals surface area (Å²) >= 11 is 0. The second-order valence-electron chi connectivity index (χ2n) is 16.6. The number of aryl methyl sites for hydroxylation is 1. The van der Waals surface area contributed by atoms with Crippen molar-refractivity contribution in [2.24, 2.45) is 13.0 Å². The van der Waals surface area contributed by atoms with E-state index in [-0.39, 0.29) is 29.3 Å². The molecule has 3 aromatic heterocycles. The first-order valence-corrected chi connectivity index (χ1v) is 20.4. The Balaban J connectivity index is 0.770. The Morgan fingerprint density at radius 2 is 1.71 bits per heavy atom. The minimum Gasteiger partial charge on any atom is -0.370 e. The highest BCUT2D eigenvalue weighted by atomic mass is 16.2. The lowest BCUT2D eigenvalue weighted by atomic mass is 9.95. The Kier molecular flexibility index (Phi) is 8.70. The summed E-state index contributed by atoms with van der Waals surface area (Å²) in [5, 5.41) is 15.7. The van der Waals surface area contributed by atoms with Crippen LogP contribution >= 0.6 is 0 Å². The van der Waals surface area contributed by atoms with E-state index in [2.05, 4.69) is 47.4 Å². The van der Waals surface area contributed by atoms with Crippen molar-refractivity contribution >= 4 is 40.1 Å². The lowest BCUT2D eigenvalue weighted by Crippen LogP contribution is -2.49. The molecule has 3 amide bonds. The minimum atomic E-state index is -0.706. The van der Waals surface area contributed by atoms with Crippen molar-refractivity contribution in [2.75, 3.05) is 62.2 Å². The van der Waals surface area contributed by atoms with Crippen LogP contribution in [-0.4, -0.2) is 99.1 Å². The molecule has 2 aromatic carbocycles. The molecule has 1 atom stereocenters. The third-order valence-corrected chi connectivity index (χ3v) is 13.1. The molecule has 1 spiro atoms. The summed E-state index contributed by atoms with van der Waals surface area (Å²) in [7, 11) is 1.76. The number of carbonyl (C=O) groups is 3. The van der Waals surface area contributed by atoms with Crippen LogP contribution in [-0.2, 0) is 22.1 Å². The Labute approximate surface area is 334 Å². The molecule has 296 valence electrons. The van der Waals surface area contributed by atoms with Crippen LogP contribution in [0.3, 0.4) is 0 Å². The first kappa shape index (κ1) is 36.1.